The van der Waals surface area contributed by atoms with Crippen LogP contribution in [0.3, 0.4) is 0 Å². The highest BCUT2D eigenvalue weighted by molar-refractivity contribution is 6.32. The van der Waals surface area contributed by atoms with Gasteiger partial charge in [-0.15, -0.1) is 0 Å². The Morgan fingerprint density at radius 1 is 1.28 bits per heavy atom. The maximum atomic E-state index is 11.1. The van der Waals surface area contributed by atoms with E-state index in [-0.39, 0.29) is 10.7 Å². The Labute approximate surface area is 114 Å². The van der Waals surface area contributed by atoms with Crippen molar-refractivity contribution < 1.29 is 9.53 Å². The van der Waals surface area contributed by atoms with Gasteiger partial charge in [0.25, 0.3) is 0 Å². The average molecular weight is 283 g/mol. The van der Waals surface area contributed by atoms with Crippen molar-refractivity contribution in [2.45, 2.75) is 0 Å². The van der Waals surface area contributed by atoms with E-state index < -0.39 is 0 Å². The number of carbonyl (C=O) groups excluding carboxylic acids is 1. The Morgan fingerprint density at radius 3 is 2.72 bits per heavy atom. The number of nitrogens with zero attached hydrogens (tertiary/aromatic N) is 2. The summed E-state index contributed by atoms with van der Waals surface area (Å²) in [7, 11) is 1.52. The molecule has 18 heavy (non-hydrogen) atoms. The second kappa shape index (κ2) is 5.33. The van der Waals surface area contributed by atoms with Gasteiger partial charge in [0.1, 0.15) is 17.2 Å². The molecule has 1 aromatic carbocycles. The van der Waals surface area contributed by atoms with Crippen LogP contribution in [0.2, 0.25) is 10.2 Å². The number of aldehydes is 1. The molecule has 2 rings (SSSR count). The maximum Gasteiger partial charge on any atom is 0.155 e. The molecule has 6 heteroatoms. The summed E-state index contributed by atoms with van der Waals surface area (Å²) in [5.41, 5.74) is 1.19. The van der Waals surface area contributed by atoms with Gasteiger partial charge in [-0.2, -0.15) is 0 Å². The summed E-state index contributed by atoms with van der Waals surface area (Å²) in [5.74, 6) is 0.553. The monoisotopic (exact) mass is 282 g/mol. The largest absolute Gasteiger partial charge is 0.496 e. The topological polar surface area (TPSA) is 52.1 Å². The van der Waals surface area contributed by atoms with Gasteiger partial charge in [0.2, 0.25) is 0 Å². The van der Waals surface area contributed by atoms with Crippen molar-refractivity contribution in [3.8, 4) is 17.0 Å². The van der Waals surface area contributed by atoms with E-state index in [4.69, 9.17) is 27.9 Å². The lowest BCUT2D eigenvalue weighted by molar-refractivity contribution is 0.112. The minimum Gasteiger partial charge on any atom is -0.496 e. The number of halogens is 2. The van der Waals surface area contributed by atoms with Crippen molar-refractivity contribution in [2.24, 2.45) is 0 Å². The molecule has 0 atom stereocenters. The summed E-state index contributed by atoms with van der Waals surface area (Å²) in [4.78, 5) is 18.9. The molecule has 0 aliphatic heterocycles. The Morgan fingerprint density at radius 2 is 2.06 bits per heavy atom. The lowest BCUT2D eigenvalue weighted by atomic mass is 10.1. The third-order valence-corrected chi connectivity index (χ3v) is 2.91. The molecule has 0 fully saturated rings. The van der Waals surface area contributed by atoms with E-state index in [9.17, 15) is 4.79 Å². The molecule has 0 unspecified atom stereocenters. The van der Waals surface area contributed by atoms with Crippen molar-refractivity contribution >= 4 is 29.5 Å². The molecule has 0 amide bonds. The van der Waals surface area contributed by atoms with Crippen LogP contribution in [0, 0.1) is 0 Å². The second-order valence-corrected chi connectivity index (χ2v) is 4.18. The molecule has 0 saturated carbocycles. The van der Waals surface area contributed by atoms with E-state index in [1.54, 1.807) is 18.2 Å². The zero-order valence-electron chi connectivity index (χ0n) is 9.35. The summed E-state index contributed by atoms with van der Waals surface area (Å²) in [5, 5.41) is 0.606. The first-order valence-corrected chi connectivity index (χ1v) is 5.72. The molecule has 0 spiro atoms. The van der Waals surface area contributed by atoms with Crippen molar-refractivity contribution in [1.29, 1.82) is 0 Å². The molecule has 4 nitrogen and oxygen atoms in total. The van der Waals surface area contributed by atoms with Gasteiger partial charge in [0.15, 0.2) is 6.29 Å². The Kier molecular flexibility index (Phi) is 3.79. The minimum atomic E-state index is 0.0945. The van der Waals surface area contributed by atoms with Crippen LogP contribution in [0.4, 0.5) is 0 Å². The average Bonchev–Trinajstić information content (AvgIpc) is 2.38. The van der Waals surface area contributed by atoms with Gasteiger partial charge in [0, 0.05) is 10.6 Å². The Hall–Kier alpha value is -1.65. The highest BCUT2D eigenvalue weighted by Crippen LogP contribution is 2.33. The molecular formula is C12H8Cl2N2O2. The normalized spacial score (nSPS) is 10.2. The predicted molar refractivity (Wildman–Crippen MR) is 69.4 cm³/mol. The third-order valence-electron chi connectivity index (χ3n) is 2.37. The van der Waals surface area contributed by atoms with Crippen molar-refractivity contribution in [3.05, 3.63) is 40.3 Å². The van der Waals surface area contributed by atoms with Crippen LogP contribution in [0.1, 0.15) is 10.4 Å². The minimum absolute atomic E-state index is 0.0945. The summed E-state index contributed by atoms with van der Waals surface area (Å²) in [6.07, 6.45) is 1.89. The molecule has 2 aromatic rings. The van der Waals surface area contributed by atoms with Crippen LogP contribution in [0.5, 0.6) is 5.75 Å². The lowest BCUT2D eigenvalue weighted by Gasteiger charge is -2.10. The number of hydrogen-bond donors (Lipinski definition) is 0. The van der Waals surface area contributed by atoms with Crippen molar-refractivity contribution in [3.63, 3.8) is 0 Å². The number of rotatable bonds is 3. The molecule has 0 aliphatic carbocycles. The number of carbonyl (C=O) groups is 1. The van der Waals surface area contributed by atoms with Crippen LogP contribution in [-0.2, 0) is 0 Å². The van der Waals surface area contributed by atoms with Gasteiger partial charge >= 0.3 is 0 Å². The molecule has 0 bridgehead atoms. The van der Waals surface area contributed by atoms with Gasteiger partial charge in [-0.05, 0) is 18.2 Å². The van der Waals surface area contributed by atoms with Crippen LogP contribution >= 0.6 is 23.2 Å². The van der Waals surface area contributed by atoms with Crippen LogP contribution in [0.25, 0.3) is 11.3 Å². The highest BCUT2D eigenvalue weighted by Gasteiger charge is 2.15. The van der Waals surface area contributed by atoms with Crippen molar-refractivity contribution in [2.75, 3.05) is 7.11 Å². The lowest BCUT2D eigenvalue weighted by Crippen LogP contribution is -1.97. The zero-order chi connectivity index (χ0) is 13.1. The van der Waals surface area contributed by atoms with Crippen LogP contribution < -0.4 is 4.74 Å². The van der Waals surface area contributed by atoms with Gasteiger partial charge in [-0.1, -0.05) is 23.2 Å². The van der Waals surface area contributed by atoms with E-state index in [1.807, 2.05) is 0 Å². The van der Waals surface area contributed by atoms with E-state index >= 15 is 0 Å². The van der Waals surface area contributed by atoms with Crippen molar-refractivity contribution in [1.82, 2.24) is 9.97 Å². The Balaban J connectivity index is 2.72. The summed E-state index contributed by atoms with van der Waals surface area (Å²) < 4.78 is 5.22. The Bertz CT molecular complexity index is 603. The fraction of sp³-hybridized carbons (Fsp3) is 0.0833. The summed E-state index contributed by atoms with van der Waals surface area (Å²) in [6.45, 7) is 0. The van der Waals surface area contributed by atoms with E-state index in [2.05, 4.69) is 9.97 Å². The first kappa shape index (κ1) is 12.8. The molecule has 0 radical (unpaired) electrons. The third kappa shape index (κ3) is 2.30. The quantitative estimate of drug-likeness (QED) is 0.640. The number of hydrogen-bond acceptors (Lipinski definition) is 4. The van der Waals surface area contributed by atoms with Crippen LogP contribution in [0.15, 0.2) is 24.5 Å². The molecule has 1 heterocycles. The molecule has 92 valence electrons. The second-order valence-electron chi connectivity index (χ2n) is 3.39. The summed E-state index contributed by atoms with van der Waals surface area (Å²) >= 11 is 11.8. The zero-order valence-corrected chi connectivity index (χ0v) is 10.9. The van der Waals surface area contributed by atoms with E-state index in [1.165, 1.54) is 13.4 Å². The SMILES string of the molecule is COc1ccc(Cl)cc1-c1ncnc(Cl)c1C=O. The number of benzene rings is 1. The first-order chi connectivity index (χ1) is 8.67. The maximum absolute atomic E-state index is 11.1. The number of aromatic nitrogens is 2. The highest BCUT2D eigenvalue weighted by atomic mass is 35.5. The smallest absolute Gasteiger partial charge is 0.155 e. The fourth-order valence-electron chi connectivity index (χ4n) is 1.56. The van der Waals surface area contributed by atoms with Gasteiger partial charge < -0.3 is 4.74 Å². The molecule has 0 N–H and O–H groups in total. The molecular weight excluding hydrogens is 275 g/mol. The summed E-state index contributed by atoms with van der Waals surface area (Å²) in [6, 6.07) is 5.04. The number of methoxy groups -OCH3 is 1. The fourth-order valence-corrected chi connectivity index (χ4v) is 1.91. The molecule has 0 aliphatic rings. The first-order valence-electron chi connectivity index (χ1n) is 4.97. The standard InChI is InChI=1S/C12H8Cl2N2O2/c1-18-10-3-2-7(13)4-8(10)11-9(5-17)12(14)16-6-15-11/h2-6H,1H3. The molecule has 1 aromatic heterocycles. The number of ether oxygens (including phenoxy) is 1. The van der Waals surface area contributed by atoms with Gasteiger partial charge in [-0.3, -0.25) is 4.79 Å². The molecule has 0 saturated heterocycles. The van der Waals surface area contributed by atoms with Crippen LogP contribution in [-0.4, -0.2) is 23.4 Å². The van der Waals surface area contributed by atoms with E-state index in [0.29, 0.717) is 28.3 Å². The van der Waals surface area contributed by atoms with E-state index in [0.717, 1.165) is 0 Å². The predicted octanol–water partition coefficient (Wildman–Crippen LogP) is 3.27. The van der Waals surface area contributed by atoms with Gasteiger partial charge in [0.05, 0.1) is 18.4 Å². The van der Waals surface area contributed by atoms with Gasteiger partial charge in [-0.25, -0.2) is 9.97 Å².